The molecule has 5 nitrogen and oxygen atoms in total. The predicted octanol–water partition coefficient (Wildman–Crippen LogP) is 3.59. The number of halogens is 1. The van der Waals surface area contributed by atoms with Crippen LogP contribution in [-0.4, -0.2) is 35.5 Å². The maximum atomic E-state index is 12.2. The fourth-order valence-electron chi connectivity index (χ4n) is 2.35. The number of nitrogens with zero attached hydrogens (tertiary/aromatic N) is 1. The average molecular weight is 406 g/mol. The second-order valence-corrected chi connectivity index (χ2v) is 6.83. The monoisotopic (exact) mass is 405 g/mol. The van der Waals surface area contributed by atoms with Gasteiger partial charge in [0.25, 0.3) is 5.91 Å². The molecule has 0 fully saturated rings. The Morgan fingerprint density at radius 2 is 1.88 bits per heavy atom. The van der Waals surface area contributed by atoms with Crippen molar-refractivity contribution >= 4 is 27.8 Å². The lowest BCUT2D eigenvalue weighted by molar-refractivity contribution is -0.133. The Balaban J connectivity index is 1.95. The molecule has 0 aliphatic carbocycles. The number of carbonyl (C=O) groups excluding carboxylic acids is 2. The van der Waals surface area contributed by atoms with Gasteiger partial charge < -0.3 is 14.7 Å². The molecule has 0 radical (unpaired) electrons. The molecule has 0 spiro atoms. The van der Waals surface area contributed by atoms with Gasteiger partial charge in [-0.05, 0) is 43.2 Å². The second-order valence-electron chi connectivity index (χ2n) is 5.92. The van der Waals surface area contributed by atoms with E-state index in [1.54, 1.807) is 13.1 Å². The number of ether oxygens (including phenoxy) is 1. The van der Waals surface area contributed by atoms with E-state index in [-0.39, 0.29) is 23.8 Å². The summed E-state index contributed by atoms with van der Waals surface area (Å²) in [5.41, 5.74) is 3.32. The molecule has 0 saturated heterocycles. The molecule has 0 unspecified atom stereocenters. The van der Waals surface area contributed by atoms with Crippen LogP contribution in [-0.2, 0) is 16.1 Å². The first kappa shape index (κ1) is 19.0. The minimum absolute atomic E-state index is 0.0132. The zero-order valence-electron chi connectivity index (χ0n) is 14.4. The van der Waals surface area contributed by atoms with Gasteiger partial charge in [-0.3, -0.25) is 4.79 Å². The number of phenols is 1. The van der Waals surface area contributed by atoms with Crippen LogP contribution in [0.5, 0.6) is 5.75 Å². The topological polar surface area (TPSA) is 66.8 Å². The molecule has 0 heterocycles. The molecule has 6 heteroatoms. The van der Waals surface area contributed by atoms with Crippen LogP contribution in [0.3, 0.4) is 0 Å². The number of hydrogen-bond donors (Lipinski definition) is 1. The standard InChI is InChI=1S/C19H20BrNO4/c1-12-4-5-14(13(2)8-12)10-21(3)18(23)11-25-19(24)16-9-15(20)6-7-17(16)22/h4-9,22H,10-11H2,1-3H3. The van der Waals surface area contributed by atoms with Crippen molar-refractivity contribution < 1.29 is 19.4 Å². The van der Waals surface area contributed by atoms with Crippen LogP contribution in [0.15, 0.2) is 40.9 Å². The van der Waals surface area contributed by atoms with Crippen LogP contribution < -0.4 is 0 Å². The Kier molecular flexibility index (Phi) is 6.20. The van der Waals surface area contributed by atoms with Gasteiger partial charge in [0, 0.05) is 18.1 Å². The number of esters is 1. The van der Waals surface area contributed by atoms with Crippen molar-refractivity contribution in [3.8, 4) is 5.75 Å². The van der Waals surface area contributed by atoms with Gasteiger partial charge in [0.1, 0.15) is 11.3 Å². The zero-order valence-corrected chi connectivity index (χ0v) is 16.0. The van der Waals surface area contributed by atoms with E-state index in [0.717, 1.165) is 16.7 Å². The van der Waals surface area contributed by atoms with Gasteiger partial charge in [0.05, 0.1) is 0 Å². The normalized spacial score (nSPS) is 10.4. The third-order valence-electron chi connectivity index (χ3n) is 3.84. The van der Waals surface area contributed by atoms with E-state index in [0.29, 0.717) is 11.0 Å². The van der Waals surface area contributed by atoms with Crippen molar-refractivity contribution in [2.24, 2.45) is 0 Å². The summed E-state index contributed by atoms with van der Waals surface area (Å²) in [5.74, 6) is -1.25. The molecule has 0 bridgehead atoms. The van der Waals surface area contributed by atoms with Crippen molar-refractivity contribution in [2.75, 3.05) is 13.7 Å². The van der Waals surface area contributed by atoms with Gasteiger partial charge in [-0.25, -0.2) is 4.79 Å². The minimum atomic E-state index is -0.743. The highest BCUT2D eigenvalue weighted by Crippen LogP contribution is 2.22. The Bertz CT molecular complexity index is 804. The maximum absolute atomic E-state index is 12.2. The number of benzene rings is 2. The quantitative estimate of drug-likeness (QED) is 0.771. The summed E-state index contributed by atoms with van der Waals surface area (Å²) in [5, 5.41) is 9.71. The van der Waals surface area contributed by atoms with E-state index in [1.807, 2.05) is 26.0 Å². The summed E-state index contributed by atoms with van der Waals surface area (Å²) in [7, 11) is 1.66. The molecule has 0 aliphatic heterocycles. The van der Waals surface area contributed by atoms with Gasteiger partial charge in [-0.15, -0.1) is 0 Å². The number of hydrogen-bond acceptors (Lipinski definition) is 4. The van der Waals surface area contributed by atoms with Crippen LogP contribution in [0.1, 0.15) is 27.0 Å². The van der Waals surface area contributed by atoms with E-state index >= 15 is 0 Å². The molecule has 25 heavy (non-hydrogen) atoms. The number of likely N-dealkylation sites (N-methyl/N-ethyl adjacent to an activating group) is 1. The van der Waals surface area contributed by atoms with Crippen molar-refractivity contribution in [3.05, 3.63) is 63.1 Å². The molecule has 2 rings (SSSR count). The molecular formula is C19H20BrNO4. The van der Waals surface area contributed by atoms with Crippen molar-refractivity contribution in [1.82, 2.24) is 4.90 Å². The second kappa shape index (κ2) is 8.16. The van der Waals surface area contributed by atoms with E-state index in [4.69, 9.17) is 4.74 Å². The van der Waals surface area contributed by atoms with Gasteiger partial charge in [-0.2, -0.15) is 0 Å². The van der Waals surface area contributed by atoms with E-state index in [2.05, 4.69) is 22.0 Å². The van der Waals surface area contributed by atoms with Crippen molar-refractivity contribution in [1.29, 1.82) is 0 Å². The van der Waals surface area contributed by atoms with E-state index in [1.165, 1.54) is 17.0 Å². The SMILES string of the molecule is Cc1ccc(CN(C)C(=O)COC(=O)c2cc(Br)ccc2O)c(C)c1. The van der Waals surface area contributed by atoms with Crippen molar-refractivity contribution in [3.63, 3.8) is 0 Å². The molecule has 132 valence electrons. The zero-order chi connectivity index (χ0) is 18.6. The Labute approximate surface area is 155 Å². The first-order valence-electron chi connectivity index (χ1n) is 7.73. The largest absolute Gasteiger partial charge is 0.507 e. The van der Waals surface area contributed by atoms with Gasteiger partial charge in [-0.1, -0.05) is 39.7 Å². The van der Waals surface area contributed by atoms with Crippen LogP contribution in [0, 0.1) is 13.8 Å². The number of aromatic hydroxyl groups is 1. The molecule has 2 aromatic carbocycles. The molecule has 1 amide bonds. The minimum Gasteiger partial charge on any atom is -0.507 e. The maximum Gasteiger partial charge on any atom is 0.342 e. The van der Waals surface area contributed by atoms with Crippen molar-refractivity contribution in [2.45, 2.75) is 20.4 Å². The summed E-state index contributed by atoms with van der Waals surface area (Å²) >= 11 is 3.22. The molecule has 0 aromatic heterocycles. The van der Waals surface area contributed by atoms with Gasteiger partial charge >= 0.3 is 5.97 Å². The van der Waals surface area contributed by atoms with Crippen LogP contribution >= 0.6 is 15.9 Å². The third kappa shape index (κ3) is 5.06. The van der Waals surface area contributed by atoms with Gasteiger partial charge in [0.2, 0.25) is 0 Å². The average Bonchev–Trinajstić information content (AvgIpc) is 2.56. The third-order valence-corrected chi connectivity index (χ3v) is 4.33. The van der Waals surface area contributed by atoms with Gasteiger partial charge in [0.15, 0.2) is 6.61 Å². The summed E-state index contributed by atoms with van der Waals surface area (Å²) in [6, 6.07) is 10.5. The van der Waals surface area contributed by atoms with E-state index in [9.17, 15) is 14.7 Å². The molecule has 0 atom stereocenters. The number of rotatable bonds is 5. The number of amides is 1. The fraction of sp³-hybridized carbons (Fsp3) is 0.263. The fourth-order valence-corrected chi connectivity index (χ4v) is 2.71. The highest BCUT2D eigenvalue weighted by Gasteiger charge is 2.17. The molecule has 0 saturated carbocycles. The molecular weight excluding hydrogens is 386 g/mol. The first-order chi connectivity index (χ1) is 11.8. The Morgan fingerprint density at radius 1 is 1.16 bits per heavy atom. The summed E-state index contributed by atoms with van der Waals surface area (Å²) < 4.78 is 5.66. The number of aryl methyl sites for hydroxylation is 2. The Hall–Kier alpha value is -2.34. The lowest BCUT2D eigenvalue weighted by Crippen LogP contribution is -2.31. The molecule has 2 aromatic rings. The lowest BCUT2D eigenvalue weighted by Gasteiger charge is -2.19. The van der Waals surface area contributed by atoms with Crippen LogP contribution in [0.25, 0.3) is 0 Å². The van der Waals surface area contributed by atoms with E-state index < -0.39 is 5.97 Å². The number of carbonyl (C=O) groups is 2. The predicted molar refractivity (Wildman–Crippen MR) is 98.5 cm³/mol. The summed E-state index contributed by atoms with van der Waals surface area (Å²) in [6.45, 7) is 4.07. The van der Waals surface area contributed by atoms with Crippen LogP contribution in [0.4, 0.5) is 0 Å². The highest BCUT2D eigenvalue weighted by molar-refractivity contribution is 9.10. The molecule has 0 aliphatic rings. The first-order valence-corrected chi connectivity index (χ1v) is 8.53. The number of phenolic OH excluding ortho intramolecular Hbond substituents is 1. The lowest BCUT2D eigenvalue weighted by atomic mass is 10.1. The highest BCUT2D eigenvalue weighted by atomic mass is 79.9. The van der Waals surface area contributed by atoms with Crippen LogP contribution in [0.2, 0.25) is 0 Å². The molecule has 1 N–H and O–H groups in total. The smallest absolute Gasteiger partial charge is 0.342 e. The summed E-state index contributed by atoms with van der Waals surface area (Å²) in [4.78, 5) is 25.7. The Morgan fingerprint density at radius 3 is 2.56 bits per heavy atom. The summed E-state index contributed by atoms with van der Waals surface area (Å²) in [6.07, 6.45) is 0.